The van der Waals surface area contributed by atoms with Gasteiger partial charge in [-0.2, -0.15) is 0 Å². The van der Waals surface area contributed by atoms with Crippen LogP contribution in [0.2, 0.25) is 18.1 Å². The molecule has 0 radical (unpaired) electrons. The van der Waals surface area contributed by atoms with E-state index in [0.29, 0.717) is 12.0 Å². The molecule has 1 N–H and O–H groups in total. The number of nitrogens with one attached hydrogen (secondary N) is 1. The molecule has 2 fully saturated rings. The Morgan fingerprint density at radius 1 is 1.03 bits per heavy atom. The van der Waals surface area contributed by atoms with Gasteiger partial charge in [-0.15, -0.1) is 0 Å². The highest BCUT2D eigenvalue weighted by Crippen LogP contribution is 2.41. The van der Waals surface area contributed by atoms with Crippen LogP contribution in [0.4, 0.5) is 0 Å². The van der Waals surface area contributed by atoms with Crippen molar-refractivity contribution < 1.29 is 13.7 Å². The van der Waals surface area contributed by atoms with Gasteiger partial charge in [-0.25, -0.2) is 4.98 Å². The van der Waals surface area contributed by atoms with Crippen LogP contribution in [-0.4, -0.2) is 42.7 Å². The second-order valence-electron chi connectivity index (χ2n) is 12.3. The van der Waals surface area contributed by atoms with Crippen molar-refractivity contribution >= 4 is 31.9 Å². The molecule has 2 aliphatic rings. The summed E-state index contributed by atoms with van der Waals surface area (Å²) < 4.78 is 19.1. The van der Waals surface area contributed by atoms with Gasteiger partial charge in [0.05, 0.1) is 22.2 Å². The molecule has 7 heteroatoms. The molecule has 1 aliphatic heterocycles. The standard InChI is InChI=1S/C25H41BN2O3Si/c1-23(2,3)32(8,9)29-19-13-10-17(11-14-19)22-27-20-15-12-18(16-21(20)28-22)26-30-24(4,5)25(6,7)31-26/h12,15-17,19H,10-11,13-14H2,1-9H3,(H,27,28). The molecule has 0 atom stereocenters. The fourth-order valence-corrected chi connectivity index (χ4v) is 5.84. The van der Waals surface area contributed by atoms with E-state index in [4.69, 9.17) is 18.7 Å². The normalized spacial score (nSPS) is 26.1. The molecule has 32 heavy (non-hydrogen) atoms. The molecule has 4 rings (SSSR count). The SMILES string of the molecule is CC1(C)OB(c2ccc3nc(C4CCC(O[Si](C)(C)C(C)(C)C)CC4)[nH]c3c2)OC1(C)C. The highest BCUT2D eigenvalue weighted by atomic mass is 28.4. The lowest BCUT2D eigenvalue weighted by molar-refractivity contribution is 0.00578. The number of nitrogens with zero attached hydrogens (tertiary/aromatic N) is 1. The Bertz CT molecular complexity index is 955. The zero-order valence-corrected chi connectivity index (χ0v) is 22.5. The van der Waals surface area contributed by atoms with Gasteiger partial charge in [0.25, 0.3) is 0 Å². The van der Waals surface area contributed by atoms with E-state index in [1.54, 1.807) is 0 Å². The van der Waals surface area contributed by atoms with E-state index in [9.17, 15) is 0 Å². The van der Waals surface area contributed by atoms with Crippen molar-refractivity contribution in [2.24, 2.45) is 0 Å². The second-order valence-corrected chi connectivity index (χ2v) is 17.1. The van der Waals surface area contributed by atoms with Crippen LogP contribution in [0.25, 0.3) is 11.0 Å². The van der Waals surface area contributed by atoms with E-state index in [-0.39, 0.29) is 23.4 Å². The van der Waals surface area contributed by atoms with E-state index in [1.165, 1.54) is 0 Å². The van der Waals surface area contributed by atoms with Crippen molar-refractivity contribution in [2.75, 3.05) is 0 Å². The van der Waals surface area contributed by atoms with E-state index < -0.39 is 8.32 Å². The predicted octanol–water partition coefficient (Wildman–Crippen LogP) is 5.91. The van der Waals surface area contributed by atoms with Gasteiger partial charge in [0.1, 0.15) is 5.82 Å². The summed E-state index contributed by atoms with van der Waals surface area (Å²) in [5.41, 5.74) is 2.44. The number of hydrogen-bond acceptors (Lipinski definition) is 4. The highest BCUT2D eigenvalue weighted by molar-refractivity contribution is 6.74. The Kier molecular flexibility index (Phi) is 5.97. The summed E-state index contributed by atoms with van der Waals surface area (Å²) in [6.45, 7) is 20.0. The maximum Gasteiger partial charge on any atom is 0.494 e. The molecule has 1 saturated heterocycles. The Hall–Kier alpha value is -1.15. The van der Waals surface area contributed by atoms with Crippen LogP contribution >= 0.6 is 0 Å². The zero-order valence-electron chi connectivity index (χ0n) is 21.5. The summed E-state index contributed by atoms with van der Waals surface area (Å²) in [5.74, 6) is 1.58. The number of benzene rings is 1. The molecular weight excluding hydrogens is 415 g/mol. The number of rotatable bonds is 4. The summed E-state index contributed by atoms with van der Waals surface area (Å²) >= 11 is 0. The Balaban J connectivity index is 1.43. The van der Waals surface area contributed by atoms with Gasteiger partial charge in [-0.1, -0.05) is 26.8 Å². The van der Waals surface area contributed by atoms with Gasteiger partial charge in [0.2, 0.25) is 0 Å². The molecule has 5 nitrogen and oxygen atoms in total. The van der Waals surface area contributed by atoms with Crippen molar-refractivity contribution in [1.82, 2.24) is 9.97 Å². The minimum Gasteiger partial charge on any atom is -0.414 e. The number of fused-ring (bicyclic) bond motifs is 1. The Morgan fingerprint density at radius 2 is 1.62 bits per heavy atom. The zero-order chi connectivity index (χ0) is 23.5. The first-order valence-corrected chi connectivity index (χ1v) is 15.1. The van der Waals surface area contributed by atoms with Crippen LogP contribution in [-0.2, 0) is 13.7 Å². The lowest BCUT2D eigenvalue weighted by Crippen LogP contribution is -2.44. The highest BCUT2D eigenvalue weighted by Gasteiger charge is 2.51. The van der Waals surface area contributed by atoms with E-state index in [1.807, 2.05) is 0 Å². The van der Waals surface area contributed by atoms with Gasteiger partial charge in [-0.3, -0.25) is 0 Å². The van der Waals surface area contributed by atoms with Crippen molar-refractivity contribution in [3.8, 4) is 0 Å². The molecule has 0 unspecified atom stereocenters. The predicted molar refractivity (Wildman–Crippen MR) is 135 cm³/mol. The monoisotopic (exact) mass is 456 g/mol. The molecule has 2 heterocycles. The molecule has 1 aliphatic carbocycles. The third-order valence-electron chi connectivity index (χ3n) is 8.38. The molecule has 0 spiro atoms. The molecule has 176 valence electrons. The van der Waals surface area contributed by atoms with Gasteiger partial charge >= 0.3 is 7.12 Å². The first kappa shape index (κ1) is 24.0. The lowest BCUT2D eigenvalue weighted by Gasteiger charge is -2.41. The summed E-state index contributed by atoms with van der Waals surface area (Å²) in [5, 5.41) is 0.261. The Labute approximate surface area is 195 Å². The van der Waals surface area contributed by atoms with E-state index >= 15 is 0 Å². The fraction of sp³-hybridized carbons (Fsp3) is 0.720. The fourth-order valence-electron chi connectivity index (χ4n) is 4.41. The molecule has 1 aromatic carbocycles. The van der Waals surface area contributed by atoms with Gasteiger partial charge < -0.3 is 18.7 Å². The minimum atomic E-state index is -1.71. The molecule has 1 aromatic heterocycles. The summed E-state index contributed by atoms with van der Waals surface area (Å²) in [6, 6.07) is 6.31. The minimum absolute atomic E-state index is 0.261. The van der Waals surface area contributed by atoms with E-state index in [0.717, 1.165) is 48.0 Å². The molecule has 0 amide bonds. The van der Waals surface area contributed by atoms with Crippen LogP contribution in [0.3, 0.4) is 0 Å². The first-order valence-electron chi connectivity index (χ1n) is 12.2. The number of aromatic nitrogens is 2. The van der Waals surface area contributed by atoms with Crippen molar-refractivity contribution in [1.29, 1.82) is 0 Å². The smallest absolute Gasteiger partial charge is 0.414 e. The molecule has 2 aromatic rings. The van der Waals surface area contributed by atoms with Gasteiger partial charge in [0.15, 0.2) is 8.32 Å². The van der Waals surface area contributed by atoms with Crippen LogP contribution in [0, 0.1) is 0 Å². The lowest BCUT2D eigenvalue weighted by atomic mass is 9.79. The molecular formula is C25H41BN2O3Si. The number of imidazole rings is 1. The number of hydrogen-bond donors (Lipinski definition) is 1. The van der Waals surface area contributed by atoms with Gasteiger partial charge in [0, 0.05) is 12.0 Å². The van der Waals surface area contributed by atoms with Crippen molar-refractivity contribution in [3.05, 3.63) is 24.0 Å². The van der Waals surface area contributed by atoms with Crippen LogP contribution < -0.4 is 5.46 Å². The number of aromatic amines is 1. The maximum absolute atomic E-state index is 6.67. The first-order chi connectivity index (χ1) is 14.7. The largest absolute Gasteiger partial charge is 0.494 e. The maximum atomic E-state index is 6.67. The van der Waals surface area contributed by atoms with E-state index in [2.05, 4.69) is 84.7 Å². The molecule has 1 saturated carbocycles. The van der Waals surface area contributed by atoms with Crippen LogP contribution in [0.15, 0.2) is 18.2 Å². The Morgan fingerprint density at radius 3 is 2.19 bits per heavy atom. The summed E-state index contributed by atoms with van der Waals surface area (Å²) in [7, 11) is -2.06. The average molecular weight is 457 g/mol. The quantitative estimate of drug-likeness (QED) is 0.581. The third-order valence-corrected chi connectivity index (χ3v) is 12.9. The number of H-pyrrole nitrogens is 1. The van der Waals surface area contributed by atoms with Crippen LogP contribution in [0.5, 0.6) is 0 Å². The topological polar surface area (TPSA) is 56.4 Å². The molecule has 0 bridgehead atoms. The summed E-state index contributed by atoms with van der Waals surface area (Å²) in [6.07, 6.45) is 4.89. The second kappa shape index (κ2) is 7.97. The third kappa shape index (κ3) is 4.46. The summed E-state index contributed by atoms with van der Waals surface area (Å²) in [4.78, 5) is 8.53. The van der Waals surface area contributed by atoms with Crippen molar-refractivity contribution in [3.63, 3.8) is 0 Å². The average Bonchev–Trinajstić information content (AvgIpc) is 3.18. The van der Waals surface area contributed by atoms with Gasteiger partial charge in [-0.05, 0) is 89.1 Å². The van der Waals surface area contributed by atoms with Crippen molar-refractivity contribution in [2.45, 2.75) is 116 Å². The van der Waals surface area contributed by atoms with Crippen LogP contribution in [0.1, 0.15) is 85.9 Å².